The third-order valence-electron chi connectivity index (χ3n) is 4.00. The molecule has 0 atom stereocenters. The van der Waals surface area contributed by atoms with Gasteiger partial charge in [0.25, 0.3) is 5.91 Å². The van der Waals surface area contributed by atoms with E-state index in [4.69, 9.17) is 16.9 Å². The predicted molar refractivity (Wildman–Crippen MR) is 73.5 cm³/mol. The van der Waals surface area contributed by atoms with Gasteiger partial charge in [-0.1, -0.05) is 18.0 Å². The van der Waals surface area contributed by atoms with Crippen molar-refractivity contribution in [1.29, 1.82) is 5.26 Å². The number of nitriles is 1. The number of nitrogens with one attached hydrogen (secondary N) is 1. The quantitative estimate of drug-likeness (QED) is 0.803. The van der Waals surface area contributed by atoms with Gasteiger partial charge in [-0.25, -0.2) is 9.69 Å². The molecule has 106 valence electrons. The molecule has 0 bridgehead atoms. The van der Waals surface area contributed by atoms with Crippen molar-refractivity contribution in [3.05, 3.63) is 28.8 Å². The van der Waals surface area contributed by atoms with Gasteiger partial charge >= 0.3 is 6.03 Å². The first-order valence-electron chi connectivity index (χ1n) is 6.39. The first kappa shape index (κ1) is 13.6. The molecule has 4 amide bonds. The summed E-state index contributed by atoms with van der Waals surface area (Å²) in [6.45, 7) is 0. The molecular weight excluding hydrogens is 294 g/mol. The second kappa shape index (κ2) is 4.57. The molecule has 0 unspecified atom stereocenters. The Kier molecular flexibility index (Phi) is 2.96. The normalized spacial score (nSPS) is 20.0. The van der Waals surface area contributed by atoms with Crippen LogP contribution in [-0.2, 0) is 9.59 Å². The number of anilines is 1. The maximum absolute atomic E-state index is 12.6. The van der Waals surface area contributed by atoms with E-state index >= 15 is 0 Å². The lowest BCUT2D eigenvalue weighted by Crippen LogP contribution is -2.66. The molecule has 7 heteroatoms. The number of carbonyl (C=O) groups is 3. The lowest BCUT2D eigenvalue weighted by molar-refractivity contribution is -0.148. The minimum Gasteiger partial charge on any atom is -0.276 e. The highest BCUT2D eigenvalue weighted by Gasteiger charge is 2.57. The number of nitrogens with zero attached hydrogens (tertiary/aromatic N) is 2. The fourth-order valence-corrected chi connectivity index (χ4v) is 2.89. The molecule has 6 nitrogen and oxygen atoms in total. The Bertz CT molecular complexity index is 719. The molecule has 1 saturated carbocycles. The summed E-state index contributed by atoms with van der Waals surface area (Å²) < 4.78 is 0. The summed E-state index contributed by atoms with van der Waals surface area (Å²) in [5, 5.41) is 11.1. The van der Waals surface area contributed by atoms with Crippen LogP contribution in [0.4, 0.5) is 10.5 Å². The Morgan fingerprint density at radius 2 is 2.00 bits per heavy atom. The molecule has 1 saturated heterocycles. The van der Waals surface area contributed by atoms with Crippen molar-refractivity contribution in [2.24, 2.45) is 5.41 Å². The standard InChI is InChI=1S/C14H10ClN3O3/c15-9-6-8(7-16)2-3-10(9)18-12(20)14(4-1-5-14)11(19)17-13(18)21/h2-3,6H,1,4-5H2,(H,17,19,21). The lowest BCUT2D eigenvalue weighted by atomic mass is 9.66. The molecular formula is C14H10ClN3O3. The number of carbonyl (C=O) groups excluding carboxylic acids is 3. The van der Waals surface area contributed by atoms with E-state index in [-0.39, 0.29) is 10.7 Å². The van der Waals surface area contributed by atoms with Crippen molar-refractivity contribution < 1.29 is 14.4 Å². The van der Waals surface area contributed by atoms with Gasteiger partial charge in [-0.2, -0.15) is 5.26 Å². The number of urea groups is 1. The summed E-state index contributed by atoms with van der Waals surface area (Å²) in [6.07, 6.45) is 1.62. The number of hydrogen-bond acceptors (Lipinski definition) is 4. The Labute approximate surface area is 125 Å². The maximum Gasteiger partial charge on any atom is 0.335 e. The first-order valence-corrected chi connectivity index (χ1v) is 6.77. The minimum atomic E-state index is -1.15. The van der Waals surface area contributed by atoms with Gasteiger partial charge in [-0.15, -0.1) is 0 Å². The second-order valence-corrected chi connectivity index (χ2v) is 5.52. The third-order valence-corrected chi connectivity index (χ3v) is 4.30. The molecule has 1 N–H and O–H groups in total. The summed E-state index contributed by atoms with van der Waals surface area (Å²) in [5.41, 5.74) is -0.648. The van der Waals surface area contributed by atoms with E-state index in [2.05, 4.69) is 5.32 Å². The SMILES string of the molecule is N#Cc1ccc(N2C(=O)NC(=O)C3(CCC3)C2=O)c(Cl)c1. The smallest absolute Gasteiger partial charge is 0.276 e. The Balaban J connectivity index is 2.05. The van der Waals surface area contributed by atoms with Gasteiger partial charge in [0.15, 0.2) is 0 Å². The minimum absolute atomic E-state index is 0.112. The zero-order valence-corrected chi connectivity index (χ0v) is 11.6. The molecule has 1 heterocycles. The molecule has 1 aromatic rings. The lowest BCUT2D eigenvalue weighted by Gasteiger charge is -2.44. The maximum atomic E-state index is 12.6. The Hall–Kier alpha value is -2.39. The van der Waals surface area contributed by atoms with Crippen molar-refractivity contribution in [1.82, 2.24) is 5.32 Å². The van der Waals surface area contributed by atoms with Crippen LogP contribution in [0.15, 0.2) is 18.2 Å². The first-order chi connectivity index (χ1) is 9.99. The van der Waals surface area contributed by atoms with Gasteiger partial charge in [-0.3, -0.25) is 14.9 Å². The van der Waals surface area contributed by atoms with Crippen LogP contribution in [0.25, 0.3) is 0 Å². The van der Waals surface area contributed by atoms with Gasteiger partial charge in [0.1, 0.15) is 5.41 Å². The van der Waals surface area contributed by atoms with E-state index in [1.165, 1.54) is 18.2 Å². The van der Waals surface area contributed by atoms with Crippen LogP contribution in [0.3, 0.4) is 0 Å². The van der Waals surface area contributed by atoms with Crippen LogP contribution in [0.2, 0.25) is 5.02 Å². The third kappa shape index (κ3) is 1.82. The highest BCUT2D eigenvalue weighted by Crippen LogP contribution is 2.46. The zero-order valence-electron chi connectivity index (χ0n) is 10.9. The van der Waals surface area contributed by atoms with Gasteiger partial charge in [0.2, 0.25) is 5.91 Å². The summed E-state index contributed by atoms with van der Waals surface area (Å²) in [7, 11) is 0. The number of barbiturate groups is 1. The summed E-state index contributed by atoms with van der Waals surface area (Å²) in [5.74, 6) is -1.08. The van der Waals surface area contributed by atoms with E-state index in [1.54, 1.807) is 0 Å². The van der Waals surface area contributed by atoms with Crippen molar-refractivity contribution in [3.63, 3.8) is 0 Å². The molecule has 1 spiro atoms. The van der Waals surface area contributed by atoms with E-state index in [1.807, 2.05) is 6.07 Å². The van der Waals surface area contributed by atoms with Gasteiger partial charge in [0, 0.05) is 0 Å². The van der Waals surface area contributed by atoms with Crippen LogP contribution >= 0.6 is 11.6 Å². The van der Waals surface area contributed by atoms with E-state index in [0.717, 1.165) is 11.3 Å². The number of rotatable bonds is 1. The molecule has 0 radical (unpaired) electrons. The fourth-order valence-electron chi connectivity index (χ4n) is 2.62. The molecule has 1 aliphatic heterocycles. The molecule has 2 aliphatic rings. The van der Waals surface area contributed by atoms with Crippen molar-refractivity contribution in [3.8, 4) is 6.07 Å². The number of hydrogen-bond donors (Lipinski definition) is 1. The van der Waals surface area contributed by atoms with E-state index < -0.39 is 23.3 Å². The second-order valence-electron chi connectivity index (χ2n) is 5.11. The van der Waals surface area contributed by atoms with Crippen LogP contribution in [-0.4, -0.2) is 17.8 Å². The molecule has 21 heavy (non-hydrogen) atoms. The number of halogens is 1. The van der Waals surface area contributed by atoms with Gasteiger partial charge in [0.05, 0.1) is 22.3 Å². The summed E-state index contributed by atoms with van der Waals surface area (Å²) >= 11 is 6.05. The van der Waals surface area contributed by atoms with Crippen LogP contribution in [0, 0.1) is 16.7 Å². The van der Waals surface area contributed by atoms with Gasteiger partial charge < -0.3 is 0 Å². The van der Waals surface area contributed by atoms with Gasteiger partial charge in [-0.05, 0) is 31.0 Å². The zero-order chi connectivity index (χ0) is 15.2. The Morgan fingerprint density at radius 1 is 1.29 bits per heavy atom. The number of imide groups is 2. The number of benzene rings is 1. The molecule has 1 aromatic carbocycles. The topological polar surface area (TPSA) is 90.3 Å². The average molecular weight is 304 g/mol. The van der Waals surface area contributed by atoms with Crippen molar-refractivity contribution in [2.75, 3.05) is 4.90 Å². The van der Waals surface area contributed by atoms with Crippen molar-refractivity contribution in [2.45, 2.75) is 19.3 Å². The van der Waals surface area contributed by atoms with Crippen LogP contribution < -0.4 is 10.2 Å². The van der Waals surface area contributed by atoms with E-state index in [0.29, 0.717) is 18.4 Å². The molecule has 2 fully saturated rings. The molecule has 3 rings (SSSR count). The fraction of sp³-hybridized carbons (Fsp3) is 0.286. The van der Waals surface area contributed by atoms with Crippen LogP contribution in [0.1, 0.15) is 24.8 Å². The average Bonchev–Trinajstić information content (AvgIpc) is 2.38. The highest BCUT2D eigenvalue weighted by molar-refractivity contribution is 6.37. The molecule has 1 aliphatic carbocycles. The Morgan fingerprint density at radius 3 is 2.52 bits per heavy atom. The monoisotopic (exact) mass is 303 g/mol. The summed E-state index contributed by atoms with van der Waals surface area (Å²) in [4.78, 5) is 37.4. The largest absolute Gasteiger partial charge is 0.335 e. The highest BCUT2D eigenvalue weighted by atomic mass is 35.5. The predicted octanol–water partition coefficient (Wildman–Crippen LogP) is 1.96. The number of amides is 4. The van der Waals surface area contributed by atoms with Crippen molar-refractivity contribution >= 4 is 35.1 Å². The summed E-state index contributed by atoms with van der Waals surface area (Å²) in [6, 6.07) is 5.38. The van der Waals surface area contributed by atoms with Crippen LogP contribution in [0.5, 0.6) is 0 Å². The molecule has 0 aromatic heterocycles. The van der Waals surface area contributed by atoms with E-state index in [9.17, 15) is 14.4 Å².